The summed E-state index contributed by atoms with van der Waals surface area (Å²) >= 11 is 0. The van der Waals surface area contributed by atoms with E-state index in [-0.39, 0.29) is 0 Å². The Bertz CT molecular complexity index is 297. The predicted molar refractivity (Wildman–Crippen MR) is 83.5 cm³/mol. The Hall–Kier alpha value is -1.24. The van der Waals surface area contributed by atoms with E-state index < -0.39 is 0 Å². The van der Waals surface area contributed by atoms with Crippen LogP contribution in [0.25, 0.3) is 0 Å². The van der Waals surface area contributed by atoms with Crippen molar-refractivity contribution in [1.29, 1.82) is 0 Å². The second kappa shape index (κ2) is 10.9. The van der Waals surface area contributed by atoms with Crippen molar-refractivity contribution in [1.82, 2.24) is 5.32 Å². The molecule has 0 aromatic heterocycles. The average molecular weight is 247 g/mol. The summed E-state index contributed by atoms with van der Waals surface area (Å²) in [5.41, 5.74) is 2.20. The Morgan fingerprint density at radius 1 is 1.28 bits per heavy atom. The molecule has 0 aromatic rings. The monoisotopic (exact) mass is 247 g/mol. The predicted octanol–water partition coefficient (Wildman–Crippen LogP) is 4.99. The number of nitrogens with one attached hydrogen (secondary N) is 1. The molecular formula is C17H29N. The molecule has 0 amide bonds. The van der Waals surface area contributed by atoms with Gasteiger partial charge < -0.3 is 5.32 Å². The van der Waals surface area contributed by atoms with E-state index in [1.807, 2.05) is 6.92 Å². The first kappa shape index (κ1) is 16.8. The molecule has 0 aliphatic heterocycles. The van der Waals surface area contributed by atoms with Gasteiger partial charge in [0.15, 0.2) is 0 Å². The summed E-state index contributed by atoms with van der Waals surface area (Å²) in [6, 6.07) is 0. The summed E-state index contributed by atoms with van der Waals surface area (Å²) in [6.45, 7) is 15.4. The largest absolute Gasteiger partial charge is 0.382 e. The molecule has 0 aliphatic carbocycles. The van der Waals surface area contributed by atoms with Crippen molar-refractivity contribution in [2.75, 3.05) is 6.54 Å². The Kier molecular flexibility index (Phi) is 10.1. The molecule has 0 spiro atoms. The van der Waals surface area contributed by atoms with Gasteiger partial charge in [0.1, 0.15) is 0 Å². The van der Waals surface area contributed by atoms with Crippen molar-refractivity contribution in [2.24, 2.45) is 5.92 Å². The van der Waals surface area contributed by atoms with E-state index in [2.05, 4.69) is 56.6 Å². The Balaban J connectivity index is 3.72. The third-order valence-corrected chi connectivity index (χ3v) is 3.02. The van der Waals surface area contributed by atoms with Crippen molar-refractivity contribution >= 4 is 0 Å². The summed E-state index contributed by atoms with van der Waals surface area (Å²) in [5.74, 6) is 0.754. The Labute approximate surface area is 113 Å². The maximum Gasteiger partial charge on any atom is 0.0357 e. The molecule has 0 rings (SSSR count). The highest BCUT2D eigenvalue weighted by Crippen LogP contribution is 2.07. The summed E-state index contributed by atoms with van der Waals surface area (Å²) < 4.78 is 0. The van der Waals surface area contributed by atoms with Gasteiger partial charge in [0.05, 0.1) is 0 Å². The van der Waals surface area contributed by atoms with Crippen LogP contribution in [-0.4, -0.2) is 6.54 Å². The first-order chi connectivity index (χ1) is 8.60. The van der Waals surface area contributed by atoms with Crippen molar-refractivity contribution < 1.29 is 0 Å². The lowest BCUT2D eigenvalue weighted by Gasteiger charge is -2.08. The molecule has 0 saturated carbocycles. The SMILES string of the molecule is C=C(CC/C=C\C)CNC(=C)/C=C/CC(C)CC. The molecule has 0 aliphatic rings. The molecule has 1 nitrogen and oxygen atoms in total. The standard InChI is InChI=1S/C17H29N/c1-6-8-9-11-16(4)14-18-17(5)13-10-12-15(3)7-2/h6,8,10,13,15,18H,4-5,7,9,11-12,14H2,1-3H3/b8-6-,13-10+. The highest BCUT2D eigenvalue weighted by Gasteiger charge is 1.95. The van der Waals surface area contributed by atoms with Gasteiger partial charge in [-0.1, -0.05) is 57.2 Å². The second-order valence-electron chi connectivity index (χ2n) is 4.89. The van der Waals surface area contributed by atoms with E-state index >= 15 is 0 Å². The van der Waals surface area contributed by atoms with Crippen LogP contribution in [0.15, 0.2) is 48.7 Å². The lowest BCUT2D eigenvalue weighted by atomic mass is 10.1. The fraction of sp³-hybridized carbons (Fsp3) is 0.529. The summed E-state index contributed by atoms with van der Waals surface area (Å²) in [7, 11) is 0. The highest BCUT2D eigenvalue weighted by atomic mass is 14.9. The number of hydrogen-bond acceptors (Lipinski definition) is 1. The molecule has 0 aromatic carbocycles. The molecule has 1 unspecified atom stereocenters. The van der Waals surface area contributed by atoms with Crippen molar-refractivity contribution in [3.05, 3.63) is 48.7 Å². The zero-order valence-electron chi connectivity index (χ0n) is 12.3. The minimum atomic E-state index is 0.754. The molecule has 0 fully saturated rings. The van der Waals surface area contributed by atoms with Crippen LogP contribution in [0.3, 0.4) is 0 Å². The topological polar surface area (TPSA) is 12.0 Å². The normalized spacial score (nSPS) is 13.1. The van der Waals surface area contributed by atoms with Crippen molar-refractivity contribution in [3.8, 4) is 0 Å². The van der Waals surface area contributed by atoms with Crippen molar-refractivity contribution in [2.45, 2.75) is 46.5 Å². The van der Waals surface area contributed by atoms with Gasteiger partial charge in [0.2, 0.25) is 0 Å². The van der Waals surface area contributed by atoms with Gasteiger partial charge in [-0.15, -0.1) is 0 Å². The fourth-order valence-corrected chi connectivity index (χ4v) is 1.45. The minimum Gasteiger partial charge on any atom is -0.382 e. The van der Waals surface area contributed by atoms with Gasteiger partial charge in [-0.3, -0.25) is 0 Å². The fourth-order valence-electron chi connectivity index (χ4n) is 1.45. The zero-order chi connectivity index (χ0) is 13.8. The first-order valence-corrected chi connectivity index (χ1v) is 6.97. The van der Waals surface area contributed by atoms with Gasteiger partial charge in [0, 0.05) is 12.2 Å². The maximum atomic E-state index is 4.06. The second-order valence-corrected chi connectivity index (χ2v) is 4.89. The van der Waals surface area contributed by atoms with Crippen LogP contribution in [0, 0.1) is 5.92 Å². The third kappa shape index (κ3) is 9.95. The summed E-state index contributed by atoms with van der Waals surface area (Å²) in [5, 5.41) is 3.30. The van der Waals surface area contributed by atoms with E-state index in [0.29, 0.717) is 0 Å². The van der Waals surface area contributed by atoms with Crippen LogP contribution in [0.4, 0.5) is 0 Å². The summed E-state index contributed by atoms with van der Waals surface area (Å²) in [4.78, 5) is 0. The Morgan fingerprint density at radius 2 is 2.00 bits per heavy atom. The lowest BCUT2D eigenvalue weighted by molar-refractivity contribution is 0.571. The number of allylic oxidation sites excluding steroid dienone is 4. The molecule has 18 heavy (non-hydrogen) atoms. The van der Waals surface area contributed by atoms with Gasteiger partial charge in [-0.25, -0.2) is 0 Å². The van der Waals surface area contributed by atoms with Crippen molar-refractivity contribution in [3.63, 3.8) is 0 Å². The van der Waals surface area contributed by atoms with E-state index in [9.17, 15) is 0 Å². The highest BCUT2D eigenvalue weighted by molar-refractivity contribution is 5.14. The van der Waals surface area contributed by atoms with E-state index in [0.717, 1.165) is 37.4 Å². The van der Waals surface area contributed by atoms with Crippen LogP contribution < -0.4 is 5.32 Å². The maximum absolute atomic E-state index is 4.06. The molecule has 1 heteroatoms. The molecule has 1 atom stereocenters. The molecule has 0 radical (unpaired) electrons. The quantitative estimate of drug-likeness (QED) is 0.423. The third-order valence-electron chi connectivity index (χ3n) is 3.02. The first-order valence-electron chi connectivity index (χ1n) is 6.97. The molecule has 102 valence electrons. The van der Waals surface area contributed by atoms with Gasteiger partial charge in [0.25, 0.3) is 0 Å². The molecule has 0 bridgehead atoms. The minimum absolute atomic E-state index is 0.754. The van der Waals surface area contributed by atoms with Crippen LogP contribution in [-0.2, 0) is 0 Å². The summed E-state index contributed by atoms with van der Waals surface area (Å²) in [6.07, 6.45) is 13.0. The van der Waals surface area contributed by atoms with Gasteiger partial charge in [-0.05, 0) is 38.2 Å². The Morgan fingerprint density at radius 3 is 2.61 bits per heavy atom. The zero-order valence-corrected chi connectivity index (χ0v) is 12.3. The van der Waals surface area contributed by atoms with Gasteiger partial charge in [-0.2, -0.15) is 0 Å². The van der Waals surface area contributed by atoms with Gasteiger partial charge >= 0.3 is 0 Å². The smallest absolute Gasteiger partial charge is 0.0357 e. The van der Waals surface area contributed by atoms with Crippen LogP contribution >= 0.6 is 0 Å². The lowest BCUT2D eigenvalue weighted by Crippen LogP contribution is -2.14. The van der Waals surface area contributed by atoms with E-state index in [1.54, 1.807) is 0 Å². The average Bonchev–Trinajstić information content (AvgIpc) is 2.36. The number of rotatable bonds is 10. The van der Waals surface area contributed by atoms with Crippen LogP contribution in [0.2, 0.25) is 0 Å². The van der Waals surface area contributed by atoms with Crippen LogP contribution in [0.5, 0.6) is 0 Å². The molecular weight excluding hydrogens is 218 g/mol. The number of hydrogen-bond donors (Lipinski definition) is 1. The molecule has 0 saturated heterocycles. The van der Waals surface area contributed by atoms with Crippen LogP contribution in [0.1, 0.15) is 46.5 Å². The molecule has 0 heterocycles. The van der Waals surface area contributed by atoms with E-state index in [1.165, 1.54) is 12.0 Å². The van der Waals surface area contributed by atoms with E-state index in [4.69, 9.17) is 0 Å². The molecule has 1 N–H and O–H groups in total.